The molecule has 0 saturated heterocycles. The van der Waals surface area contributed by atoms with E-state index in [0.717, 1.165) is 11.3 Å². The van der Waals surface area contributed by atoms with Gasteiger partial charge in [-0.25, -0.2) is 4.98 Å². The van der Waals surface area contributed by atoms with E-state index in [4.69, 9.17) is 14.2 Å². The van der Waals surface area contributed by atoms with E-state index in [1.807, 2.05) is 28.8 Å². The molecule has 1 aromatic heterocycles. The molecule has 0 aliphatic heterocycles. The van der Waals surface area contributed by atoms with Gasteiger partial charge in [0.1, 0.15) is 17.2 Å². The van der Waals surface area contributed by atoms with Crippen LogP contribution >= 0.6 is 11.8 Å². The molecule has 0 aliphatic carbocycles. The summed E-state index contributed by atoms with van der Waals surface area (Å²) in [5.41, 5.74) is 2.24. The monoisotopic (exact) mass is 443 g/mol. The molecule has 1 heterocycles. The summed E-state index contributed by atoms with van der Waals surface area (Å²) in [6.45, 7) is 0.379. The van der Waals surface area contributed by atoms with Gasteiger partial charge in [0.25, 0.3) is 0 Å². The average molecular weight is 444 g/mol. The van der Waals surface area contributed by atoms with E-state index in [1.165, 1.54) is 11.8 Å². The molecule has 0 fully saturated rings. The van der Waals surface area contributed by atoms with Gasteiger partial charge in [-0.3, -0.25) is 4.79 Å². The summed E-state index contributed by atoms with van der Waals surface area (Å²) in [7, 11) is 4.72. The van der Waals surface area contributed by atoms with Crippen molar-refractivity contribution in [1.82, 2.24) is 9.55 Å². The lowest BCUT2D eigenvalue weighted by atomic mass is 10.2. The maximum absolute atomic E-state index is 12.5. The molecule has 1 amide bonds. The largest absolute Gasteiger partial charge is 0.497 e. The topological polar surface area (TPSA) is 94.8 Å². The Morgan fingerprint density at radius 1 is 1.06 bits per heavy atom. The van der Waals surface area contributed by atoms with Crippen molar-refractivity contribution in [3.63, 3.8) is 0 Å². The van der Waals surface area contributed by atoms with Crippen LogP contribution in [0.15, 0.2) is 53.8 Å². The smallest absolute Gasteiger partial charge is 0.234 e. The van der Waals surface area contributed by atoms with E-state index in [-0.39, 0.29) is 18.3 Å². The standard InChI is InChI=1S/C22H25N3O5S/c1-28-17-6-4-15(5-7-17)12-25-16(13-26)11-23-22(25)31-14-21(27)24-19-10-18(29-2)8-9-20(19)30-3/h4-11,26H,12-14H2,1-3H3,(H,24,27). The first-order chi connectivity index (χ1) is 15.1. The molecular formula is C22H25N3O5S. The number of aliphatic hydroxyl groups is 1. The zero-order valence-corrected chi connectivity index (χ0v) is 18.4. The SMILES string of the molecule is COc1ccc(Cn2c(CO)cnc2SCC(=O)Nc2cc(OC)ccc2OC)cc1. The van der Waals surface area contributed by atoms with Crippen molar-refractivity contribution in [2.24, 2.45) is 0 Å². The van der Waals surface area contributed by atoms with E-state index < -0.39 is 0 Å². The second kappa shape index (κ2) is 10.7. The number of thioether (sulfide) groups is 1. The number of aromatic nitrogens is 2. The minimum Gasteiger partial charge on any atom is -0.497 e. The number of anilines is 1. The highest BCUT2D eigenvalue weighted by molar-refractivity contribution is 7.99. The van der Waals surface area contributed by atoms with Gasteiger partial charge in [0.15, 0.2) is 5.16 Å². The van der Waals surface area contributed by atoms with Crippen molar-refractivity contribution in [2.45, 2.75) is 18.3 Å². The number of nitrogens with one attached hydrogen (secondary N) is 1. The van der Waals surface area contributed by atoms with Crippen molar-refractivity contribution < 1.29 is 24.1 Å². The zero-order chi connectivity index (χ0) is 22.2. The first-order valence-corrected chi connectivity index (χ1v) is 10.5. The molecule has 0 aliphatic rings. The minimum absolute atomic E-state index is 0.142. The number of ether oxygens (including phenoxy) is 3. The first kappa shape index (κ1) is 22.5. The Kier molecular flexibility index (Phi) is 7.80. The van der Waals surface area contributed by atoms with Crippen LogP contribution in [-0.4, -0.2) is 47.6 Å². The molecule has 0 bridgehead atoms. The van der Waals surface area contributed by atoms with Gasteiger partial charge >= 0.3 is 0 Å². The van der Waals surface area contributed by atoms with Crippen LogP contribution in [0.4, 0.5) is 5.69 Å². The molecule has 3 rings (SSSR count). The quantitative estimate of drug-likeness (QED) is 0.465. The zero-order valence-electron chi connectivity index (χ0n) is 17.6. The van der Waals surface area contributed by atoms with Crippen molar-refractivity contribution in [3.05, 3.63) is 59.9 Å². The number of carbonyl (C=O) groups is 1. The Bertz CT molecular complexity index is 1020. The summed E-state index contributed by atoms with van der Waals surface area (Å²) in [6.07, 6.45) is 1.62. The Balaban J connectivity index is 1.69. The second-order valence-corrected chi connectivity index (χ2v) is 7.47. The number of aliphatic hydroxyl groups excluding tert-OH is 1. The number of benzene rings is 2. The molecule has 0 spiro atoms. The third-order valence-corrected chi connectivity index (χ3v) is 5.57. The van der Waals surface area contributed by atoms with E-state index in [0.29, 0.717) is 34.6 Å². The molecule has 0 atom stereocenters. The van der Waals surface area contributed by atoms with Gasteiger partial charge in [-0.05, 0) is 29.8 Å². The molecule has 3 aromatic rings. The number of amides is 1. The summed E-state index contributed by atoms with van der Waals surface area (Å²) in [5, 5.41) is 13.2. The van der Waals surface area contributed by atoms with Gasteiger partial charge in [0.05, 0.1) is 51.3 Å². The van der Waals surface area contributed by atoms with E-state index >= 15 is 0 Å². The Hall–Kier alpha value is -3.17. The molecule has 164 valence electrons. The normalized spacial score (nSPS) is 10.6. The fourth-order valence-electron chi connectivity index (χ4n) is 2.94. The number of methoxy groups -OCH3 is 3. The lowest BCUT2D eigenvalue weighted by Gasteiger charge is -2.13. The summed E-state index contributed by atoms with van der Waals surface area (Å²) in [5.74, 6) is 1.87. The number of rotatable bonds is 10. The van der Waals surface area contributed by atoms with Crippen LogP contribution in [0.1, 0.15) is 11.3 Å². The Morgan fingerprint density at radius 2 is 1.77 bits per heavy atom. The number of nitrogens with zero attached hydrogens (tertiary/aromatic N) is 2. The van der Waals surface area contributed by atoms with Crippen molar-refractivity contribution in [2.75, 3.05) is 32.4 Å². The fourth-order valence-corrected chi connectivity index (χ4v) is 3.74. The van der Waals surface area contributed by atoms with Crippen molar-refractivity contribution in [1.29, 1.82) is 0 Å². The number of hydrogen-bond donors (Lipinski definition) is 2. The molecule has 0 radical (unpaired) electrons. The van der Waals surface area contributed by atoms with Gasteiger partial charge in [-0.2, -0.15) is 0 Å². The van der Waals surface area contributed by atoms with E-state index in [9.17, 15) is 9.90 Å². The van der Waals surface area contributed by atoms with Crippen LogP contribution < -0.4 is 19.5 Å². The van der Waals surface area contributed by atoms with Gasteiger partial charge < -0.3 is 29.2 Å². The van der Waals surface area contributed by atoms with Crippen LogP contribution in [0.2, 0.25) is 0 Å². The lowest BCUT2D eigenvalue weighted by molar-refractivity contribution is -0.113. The summed E-state index contributed by atoms with van der Waals surface area (Å²) >= 11 is 1.29. The van der Waals surface area contributed by atoms with Crippen LogP contribution in [0.5, 0.6) is 17.2 Å². The van der Waals surface area contributed by atoms with Gasteiger partial charge in [-0.1, -0.05) is 23.9 Å². The van der Waals surface area contributed by atoms with Crippen LogP contribution in [-0.2, 0) is 17.9 Å². The summed E-state index contributed by atoms with van der Waals surface area (Å²) < 4.78 is 17.6. The molecule has 2 N–H and O–H groups in total. The predicted molar refractivity (Wildman–Crippen MR) is 119 cm³/mol. The Labute approximate surface area is 185 Å². The highest BCUT2D eigenvalue weighted by atomic mass is 32.2. The third-order valence-electron chi connectivity index (χ3n) is 4.58. The number of hydrogen-bond acceptors (Lipinski definition) is 7. The molecule has 2 aromatic carbocycles. The second-order valence-electron chi connectivity index (χ2n) is 6.53. The highest BCUT2D eigenvalue weighted by Gasteiger charge is 2.14. The molecular weight excluding hydrogens is 418 g/mol. The van der Waals surface area contributed by atoms with Gasteiger partial charge in [0, 0.05) is 12.6 Å². The third kappa shape index (κ3) is 5.71. The van der Waals surface area contributed by atoms with Crippen molar-refractivity contribution in [3.8, 4) is 17.2 Å². The molecule has 31 heavy (non-hydrogen) atoms. The highest BCUT2D eigenvalue weighted by Crippen LogP contribution is 2.29. The van der Waals surface area contributed by atoms with Crippen LogP contribution in [0.25, 0.3) is 0 Å². The first-order valence-electron chi connectivity index (χ1n) is 9.50. The minimum atomic E-state index is -0.207. The average Bonchev–Trinajstić information content (AvgIpc) is 3.19. The van der Waals surface area contributed by atoms with Crippen molar-refractivity contribution >= 4 is 23.4 Å². The molecule has 0 unspecified atom stereocenters. The van der Waals surface area contributed by atoms with Gasteiger partial charge in [0.2, 0.25) is 5.91 Å². The molecule has 8 nitrogen and oxygen atoms in total. The molecule has 9 heteroatoms. The van der Waals surface area contributed by atoms with Gasteiger partial charge in [-0.15, -0.1) is 0 Å². The summed E-state index contributed by atoms with van der Waals surface area (Å²) in [6, 6.07) is 12.9. The fraction of sp³-hybridized carbons (Fsp3) is 0.273. The van der Waals surface area contributed by atoms with Crippen LogP contribution in [0.3, 0.4) is 0 Å². The number of imidazole rings is 1. The molecule has 0 saturated carbocycles. The summed E-state index contributed by atoms with van der Waals surface area (Å²) in [4.78, 5) is 16.9. The maximum atomic E-state index is 12.5. The van der Waals surface area contributed by atoms with E-state index in [2.05, 4.69) is 10.3 Å². The van der Waals surface area contributed by atoms with E-state index in [1.54, 1.807) is 45.7 Å². The van der Waals surface area contributed by atoms with Crippen LogP contribution in [0, 0.1) is 0 Å². The maximum Gasteiger partial charge on any atom is 0.234 e. The predicted octanol–water partition coefficient (Wildman–Crippen LogP) is 3.18. The lowest BCUT2D eigenvalue weighted by Crippen LogP contribution is -2.15. The Morgan fingerprint density at radius 3 is 2.42 bits per heavy atom. The number of carbonyl (C=O) groups excluding carboxylic acids is 1.